The van der Waals surface area contributed by atoms with Crippen molar-refractivity contribution in [2.45, 2.75) is 46.0 Å². The highest BCUT2D eigenvalue weighted by Crippen LogP contribution is 2.43. The van der Waals surface area contributed by atoms with Gasteiger partial charge in [0.05, 0.1) is 6.61 Å². The van der Waals surface area contributed by atoms with E-state index in [2.05, 4.69) is 19.2 Å². The van der Waals surface area contributed by atoms with Crippen LogP contribution in [0.2, 0.25) is 0 Å². The molecule has 1 aliphatic rings. The van der Waals surface area contributed by atoms with Crippen LogP contribution in [0.15, 0.2) is 0 Å². The highest BCUT2D eigenvalue weighted by atomic mass is 16.3. The minimum atomic E-state index is -0.136. The van der Waals surface area contributed by atoms with Crippen LogP contribution in [-0.2, 0) is 4.79 Å². The Kier molecular flexibility index (Phi) is 4.58. The monoisotopic (exact) mass is 213 g/mol. The van der Waals surface area contributed by atoms with E-state index in [1.54, 1.807) is 0 Å². The standard InChI is InChI=1S/C12H23NO2/c1-10(2)9-12(5-3-4-6-12)11(15)13-7-8-14/h10,14H,3-9H2,1-2H3,(H,13,15). The quantitative estimate of drug-likeness (QED) is 0.730. The number of rotatable bonds is 5. The molecule has 1 saturated carbocycles. The lowest BCUT2D eigenvalue weighted by atomic mass is 9.77. The number of nitrogens with one attached hydrogen (secondary N) is 1. The third kappa shape index (κ3) is 3.20. The second-order valence-electron chi connectivity index (χ2n) is 5.06. The number of hydrogen-bond donors (Lipinski definition) is 2. The molecule has 0 aromatic carbocycles. The fourth-order valence-electron chi connectivity index (χ4n) is 2.71. The Labute approximate surface area is 92.3 Å². The summed E-state index contributed by atoms with van der Waals surface area (Å²) in [5.41, 5.74) is -0.136. The molecular weight excluding hydrogens is 190 g/mol. The molecule has 2 N–H and O–H groups in total. The molecule has 1 fully saturated rings. The summed E-state index contributed by atoms with van der Waals surface area (Å²) in [5, 5.41) is 11.5. The number of carbonyl (C=O) groups is 1. The minimum absolute atomic E-state index is 0.0312. The molecule has 0 bridgehead atoms. The first-order valence-corrected chi connectivity index (χ1v) is 6.00. The van der Waals surface area contributed by atoms with Gasteiger partial charge in [-0.2, -0.15) is 0 Å². The fraction of sp³-hybridized carbons (Fsp3) is 0.917. The van der Waals surface area contributed by atoms with Crippen LogP contribution in [0.3, 0.4) is 0 Å². The zero-order valence-electron chi connectivity index (χ0n) is 9.88. The molecule has 88 valence electrons. The van der Waals surface area contributed by atoms with Gasteiger partial charge in [0.15, 0.2) is 0 Å². The highest BCUT2D eigenvalue weighted by molar-refractivity contribution is 5.82. The lowest BCUT2D eigenvalue weighted by molar-refractivity contribution is -0.131. The Hall–Kier alpha value is -0.570. The van der Waals surface area contributed by atoms with Crippen LogP contribution < -0.4 is 5.32 Å². The van der Waals surface area contributed by atoms with Crippen LogP contribution in [-0.4, -0.2) is 24.2 Å². The Morgan fingerprint density at radius 3 is 2.47 bits per heavy atom. The van der Waals surface area contributed by atoms with E-state index in [1.165, 1.54) is 12.8 Å². The molecule has 3 heteroatoms. The summed E-state index contributed by atoms with van der Waals surface area (Å²) in [7, 11) is 0. The minimum Gasteiger partial charge on any atom is -0.395 e. The van der Waals surface area contributed by atoms with Crippen LogP contribution in [0.5, 0.6) is 0 Å². The molecule has 3 nitrogen and oxygen atoms in total. The van der Waals surface area contributed by atoms with Crippen molar-refractivity contribution in [1.82, 2.24) is 5.32 Å². The predicted octanol–water partition coefficient (Wildman–Crippen LogP) is 1.70. The SMILES string of the molecule is CC(C)CC1(C(=O)NCCO)CCCC1. The van der Waals surface area contributed by atoms with E-state index in [0.29, 0.717) is 12.5 Å². The van der Waals surface area contributed by atoms with Crippen LogP contribution >= 0.6 is 0 Å². The van der Waals surface area contributed by atoms with Gasteiger partial charge in [-0.15, -0.1) is 0 Å². The first kappa shape index (κ1) is 12.5. The summed E-state index contributed by atoms with van der Waals surface area (Å²) in [5.74, 6) is 0.714. The number of carbonyl (C=O) groups excluding carboxylic acids is 1. The molecule has 0 aromatic rings. The maximum absolute atomic E-state index is 12.0. The molecule has 0 spiro atoms. The Balaban J connectivity index is 2.59. The van der Waals surface area contributed by atoms with Gasteiger partial charge in [-0.25, -0.2) is 0 Å². The second kappa shape index (κ2) is 5.50. The van der Waals surface area contributed by atoms with Crippen molar-refractivity contribution < 1.29 is 9.90 Å². The molecule has 0 atom stereocenters. The van der Waals surface area contributed by atoms with Gasteiger partial charge in [0.1, 0.15) is 0 Å². The van der Waals surface area contributed by atoms with Gasteiger partial charge in [-0.1, -0.05) is 26.7 Å². The maximum atomic E-state index is 12.0. The number of aliphatic hydroxyl groups is 1. The lowest BCUT2D eigenvalue weighted by Gasteiger charge is -2.29. The van der Waals surface area contributed by atoms with Crippen molar-refractivity contribution in [3.8, 4) is 0 Å². The average molecular weight is 213 g/mol. The van der Waals surface area contributed by atoms with Gasteiger partial charge in [0.2, 0.25) is 5.91 Å². The molecule has 1 rings (SSSR count). The zero-order chi connectivity index (χ0) is 11.3. The van der Waals surface area contributed by atoms with Gasteiger partial charge >= 0.3 is 0 Å². The summed E-state index contributed by atoms with van der Waals surface area (Å²) in [6.07, 6.45) is 5.34. The van der Waals surface area contributed by atoms with Crippen molar-refractivity contribution in [2.24, 2.45) is 11.3 Å². The van der Waals surface area contributed by atoms with E-state index < -0.39 is 0 Å². The van der Waals surface area contributed by atoms with Gasteiger partial charge < -0.3 is 10.4 Å². The topological polar surface area (TPSA) is 49.3 Å². The molecule has 0 aromatic heterocycles. The van der Waals surface area contributed by atoms with Crippen molar-refractivity contribution in [1.29, 1.82) is 0 Å². The van der Waals surface area contributed by atoms with Gasteiger partial charge in [0, 0.05) is 12.0 Å². The summed E-state index contributed by atoms with van der Waals surface area (Å²) in [6.45, 7) is 4.75. The van der Waals surface area contributed by atoms with Crippen LogP contribution in [0.1, 0.15) is 46.0 Å². The molecule has 1 aliphatic carbocycles. The molecule has 0 unspecified atom stereocenters. The predicted molar refractivity (Wildman–Crippen MR) is 60.5 cm³/mol. The maximum Gasteiger partial charge on any atom is 0.226 e. The lowest BCUT2D eigenvalue weighted by Crippen LogP contribution is -2.41. The molecule has 0 saturated heterocycles. The van der Waals surface area contributed by atoms with Gasteiger partial charge in [0.25, 0.3) is 0 Å². The molecule has 15 heavy (non-hydrogen) atoms. The Morgan fingerprint density at radius 2 is 2.00 bits per heavy atom. The largest absolute Gasteiger partial charge is 0.395 e. The normalized spacial score (nSPS) is 19.5. The Morgan fingerprint density at radius 1 is 1.40 bits per heavy atom. The van der Waals surface area contributed by atoms with Crippen LogP contribution in [0, 0.1) is 11.3 Å². The summed E-state index contributed by atoms with van der Waals surface area (Å²) >= 11 is 0. The number of aliphatic hydroxyl groups excluding tert-OH is 1. The Bertz CT molecular complexity index is 208. The smallest absolute Gasteiger partial charge is 0.226 e. The number of amides is 1. The van der Waals surface area contributed by atoms with E-state index in [4.69, 9.17) is 5.11 Å². The first-order chi connectivity index (χ1) is 7.10. The first-order valence-electron chi connectivity index (χ1n) is 6.00. The average Bonchev–Trinajstić information content (AvgIpc) is 2.62. The van der Waals surface area contributed by atoms with Gasteiger partial charge in [-0.3, -0.25) is 4.79 Å². The molecule has 0 radical (unpaired) electrons. The summed E-state index contributed by atoms with van der Waals surface area (Å²) < 4.78 is 0. The third-order valence-electron chi connectivity index (χ3n) is 3.24. The molecule has 0 aliphatic heterocycles. The van der Waals surface area contributed by atoms with Crippen molar-refractivity contribution in [3.63, 3.8) is 0 Å². The van der Waals surface area contributed by atoms with Crippen molar-refractivity contribution in [3.05, 3.63) is 0 Å². The van der Waals surface area contributed by atoms with E-state index in [1.807, 2.05) is 0 Å². The van der Waals surface area contributed by atoms with E-state index >= 15 is 0 Å². The summed E-state index contributed by atoms with van der Waals surface area (Å²) in [4.78, 5) is 12.0. The van der Waals surface area contributed by atoms with E-state index in [-0.39, 0.29) is 17.9 Å². The van der Waals surface area contributed by atoms with Crippen LogP contribution in [0.4, 0.5) is 0 Å². The van der Waals surface area contributed by atoms with Crippen molar-refractivity contribution >= 4 is 5.91 Å². The number of hydrogen-bond acceptors (Lipinski definition) is 2. The summed E-state index contributed by atoms with van der Waals surface area (Å²) in [6, 6.07) is 0. The van der Waals surface area contributed by atoms with Crippen molar-refractivity contribution in [2.75, 3.05) is 13.2 Å². The molecular formula is C12H23NO2. The van der Waals surface area contributed by atoms with E-state index in [9.17, 15) is 4.79 Å². The fourth-order valence-corrected chi connectivity index (χ4v) is 2.71. The van der Waals surface area contributed by atoms with Crippen LogP contribution in [0.25, 0.3) is 0 Å². The zero-order valence-corrected chi connectivity index (χ0v) is 9.88. The highest BCUT2D eigenvalue weighted by Gasteiger charge is 2.40. The molecule has 0 heterocycles. The van der Waals surface area contributed by atoms with E-state index in [0.717, 1.165) is 19.3 Å². The molecule has 1 amide bonds. The third-order valence-corrected chi connectivity index (χ3v) is 3.24. The second-order valence-corrected chi connectivity index (χ2v) is 5.06. The van der Waals surface area contributed by atoms with Gasteiger partial charge in [-0.05, 0) is 25.2 Å².